The van der Waals surface area contributed by atoms with Crippen molar-refractivity contribution in [3.05, 3.63) is 58.4 Å². The van der Waals surface area contributed by atoms with Crippen LogP contribution in [-0.2, 0) is 4.79 Å². The fraction of sp³-hybridized carbons (Fsp3) is 0.300. The van der Waals surface area contributed by atoms with E-state index in [4.69, 9.17) is 0 Å². The van der Waals surface area contributed by atoms with Crippen LogP contribution in [0.15, 0.2) is 48.0 Å². The van der Waals surface area contributed by atoms with Crippen LogP contribution in [0.1, 0.15) is 23.3 Å². The van der Waals surface area contributed by atoms with Gasteiger partial charge in [-0.15, -0.1) is 11.3 Å². The quantitative estimate of drug-likeness (QED) is 0.607. The number of aromatic nitrogens is 1. The average molecular weight is 383 g/mol. The molecule has 0 bridgehead atoms. The predicted octanol–water partition coefficient (Wildman–Crippen LogP) is 1.86. The molecule has 2 aromatic heterocycles. The molecule has 3 amide bonds. The second-order valence-electron chi connectivity index (χ2n) is 6.84. The number of amides is 3. The molecule has 4 N–H and O–H groups in total. The molecular weight excluding hydrogens is 360 g/mol. The Kier molecular flexibility index (Phi) is 4.96. The highest BCUT2D eigenvalue weighted by Crippen LogP contribution is 2.32. The number of hydrogen-bond donors (Lipinski definition) is 3. The summed E-state index contributed by atoms with van der Waals surface area (Å²) < 4.78 is 0. The number of H-pyrrole nitrogens is 1. The van der Waals surface area contributed by atoms with Crippen LogP contribution in [0.5, 0.6) is 0 Å². The van der Waals surface area contributed by atoms with Crippen molar-refractivity contribution in [2.45, 2.75) is 18.9 Å². The number of aromatic amines is 1. The van der Waals surface area contributed by atoms with Crippen molar-refractivity contribution < 1.29 is 14.9 Å². The summed E-state index contributed by atoms with van der Waals surface area (Å²) in [5, 5.41) is 8.02. The zero-order valence-corrected chi connectivity index (χ0v) is 16.0. The minimum absolute atomic E-state index is 0.131. The van der Waals surface area contributed by atoms with Crippen molar-refractivity contribution in [2.75, 3.05) is 19.6 Å². The van der Waals surface area contributed by atoms with Gasteiger partial charge in [0.25, 0.3) is 5.91 Å². The molecule has 0 aliphatic carbocycles. The standard InChI is InChI=1S/C20H22N4O2S/c1-13(19(25)24-9-8-21-20(24)26)22-12-16(18-7-4-10-27-18)15-11-23-17-6-3-2-5-14(15)17/h2-7,10-11,13,16,22-23H,8-9,12H2,1H3,(H,21,26)/p+1/t13-,16-/m0/s1. The van der Waals surface area contributed by atoms with Gasteiger partial charge in [0.2, 0.25) is 0 Å². The van der Waals surface area contributed by atoms with E-state index in [0.29, 0.717) is 13.1 Å². The topological polar surface area (TPSA) is 81.8 Å². The first-order valence-corrected chi connectivity index (χ1v) is 10.0. The number of nitrogens with one attached hydrogen (secondary N) is 2. The lowest BCUT2D eigenvalue weighted by Crippen LogP contribution is -2.92. The summed E-state index contributed by atoms with van der Waals surface area (Å²) in [6.07, 6.45) is 2.07. The molecule has 140 valence electrons. The fourth-order valence-electron chi connectivity index (χ4n) is 3.64. The first-order valence-electron chi connectivity index (χ1n) is 9.17. The number of urea groups is 1. The SMILES string of the molecule is C[C@H]([NH2+]C[C@H](c1cccs1)c1c[nH]c2ccccc12)C(=O)N1CCNC1=O. The molecule has 1 aromatic carbocycles. The summed E-state index contributed by atoms with van der Waals surface area (Å²) >= 11 is 1.73. The van der Waals surface area contributed by atoms with Crippen molar-refractivity contribution in [1.29, 1.82) is 0 Å². The third kappa shape index (κ3) is 3.48. The van der Waals surface area contributed by atoms with E-state index in [-0.39, 0.29) is 23.9 Å². The van der Waals surface area contributed by atoms with E-state index < -0.39 is 0 Å². The number of carbonyl (C=O) groups is 2. The summed E-state index contributed by atoms with van der Waals surface area (Å²) in [7, 11) is 0. The molecule has 0 saturated carbocycles. The Bertz CT molecular complexity index is 950. The molecule has 6 nitrogen and oxygen atoms in total. The second kappa shape index (κ2) is 7.54. The number of carbonyl (C=O) groups excluding carboxylic acids is 2. The second-order valence-corrected chi connectivity index (χ2v) is 7.82. The van der Waals surface area contributed by atoms with E-state index in [0.717, 1.165) is 12.1 Å². The van der Waals surface area contributed by atoms with Crippen LogP contribution in [0, 0.1) is 0 Å². The number of para-hydroxylation sites is 1. The fourth-order valence-corrected chi connectivity index (χ4v) is 4.50. The third-order valence-electron chi connectivity index (χ3n) is 5.12. The number of rotatable bonds is 6. The van der Waals surface area contributed by atoms with Gasteiger partial charge >= 0.3 is 6.03 Å². The predicted molar refractivity (Wildman–Crippen MR) is 106 cm³/mol. The molecule has 27 heavy (non-hydrogen) atoms. The van der Waals surface area contributed by atoms with Gasteiger partial charge in [0, 0.05) is 35.1 Å². The zero-order valence-electron chi connectivity index (χ0n) is 15.1. The Balaban J connectivity index is 1.54. The molecule has 1 fully saturated rings. The normalized spacial score (nSPS) is 16.5. The minimum atomic E-state index is -0.304. The van der Waals surface area contributed by atoms with E-state index in [1.54, 1.807) is 11.3 Å². The first kappa shape index (κ1) is 17.8. The van der Waals surface area contributed by atoms with Crippen LogP contribution in [0.25, 0.3) is 10.9 Å². The van der Waals surface area contributed by atoms with Gasteiger partial charge in [0.05, 0.1) is 12.5 Å². The van der Waals surface area contributed by atoms with E-state index in [9.17, 15) is 9.59 Å². The number of fused-ring (bicyclic) bond motifs is 1. The molecule has 4 rings (SSSR count). The lowest BCUT2D eigenvalue weighted by molar-refractivity contribution is -0.675. The summed E-state index contributed by atoms with van der Waals surface area (Å²) in [5.41, 5.74) is 2.36. The van der Waals surface area contributed by atoms with Gasteiger partial charge in [0.15, 0.2) is 6.04 Å². The van der Waals surface area contributed by atoms with Crippen LogP contribution in [0.2, 0.25) is 0 Å². The monoisotopic (exact) mass is 383 g/mol. The zero-order chi connectivity index (χ0) is 18.8. The molecule has 1 aliphatic heterocycles. The Labute approximate surface area is 161 Å². The van der Waals surface area contributed by atoms with Crippen molar-refractivity contribution in [2.24, 2.45) is 0 Å². The Hall–Kier alpha value is -2.64. The van der Waals surface area contributed by atoms with Crippen molar-refractivity contribution >= 4 is 34.2 Å². The first-order chi connectivity index (χ1) is 13.1. The van der Waals surface area contributed by atoms with Gasteiger partial charge in [-0.3, -0.25) is 9.69 Å². The third-order valence-corrected chi connectivity index (χ3v) is 6.11. The maximum absolute atomic E-state index is 12.6. The highest BCUT2D eigenvalue weighted by molar-refractivity contribution is 7.10. The summed E-state index contributed by atoms with van der Waals surface area (Å²) in [4.78, 5) is 30.3. The largest absolute Gasteiger partial charge is 0.361 e. The average Bonchev–Trinajstić information content (AvgIpc) is 3.42. The van der Waals surface area contributed by atoms with Gasteiger partial charge in [0.1, 0.15) is 0 Å². The van der Waals surface area contributed by atoms with E-state index >= 15 is 0 Å². The van der Waals surface area contributed by atoms with Crippen molar-refractivity contribution in [3.63, 3.8) is 0 Å². The van der Waals surface area contributed by atoms with Crippen LogP contribution in [0.3, 0.4) is 0 Å². The summed E-state index contributed by atoms with van der Waals surface area (Å²) in [6.45, 7) is 3.59. The molecule has 3 heterocycles. The van der Waals surface area contributed by atoms with Crippen LogP contribution in [0.4, 0.5) is 4.79 Å². The lowest BCUT2D eigenvalue weighted by atomic mass is 9.96. The number of benzene rings is 1. The van der Waals surface area contributed by atoms with E-state index in [2.05, 4.69) is 46.1 Å². The maximum atomic E-state index is 12.6. The van der Waals surface area contributed by atoms with E-state index in [1.807, 2.05) is 24.4 Å². The lowest BCUT2D eigenvalue weighted by Gasteiger charge is -2.19. The van der Waals surface area contributed by atoms with Crippen LogP contribution < -0.4 is 10.6 Å². The van der Waals surface area contributed by atoms with Gasteiger partial charge < -0.3 is 15.6 Å². The number of quaternary nitrogens is 1. The number of nitrogens with two attached hydrogens (primary N) is 1. The van der Waals surface area contributed by atoms with Crippen molar-refractivity contribution in [1.82, 2.24) is 15.2 Å². The van der Waals surface area contributed by atoms with Gasteiger partial charge in [-0.25, -0.2) is 4.79 Å². The van der Waals surface area contributed by atoms with Crippen LogP contribution in [-0.4, -0.2) is 47.5 Å². The summed E-state index contributed by atoms with van der Waals surface area (Å²) in [6, 6.07) is 11.9. The molecule has 1 aliphatic rings. The van der Waals surface area contributed by atoms with Gasteiger partial charge in [-0.2, -0.15) is 0 Å². The molecule has 7 heteroatoms. The number of imide groups is 1. The smallest absolute Gasteiger partial charge is 0.324 e. The molecule has 2 atom stereocenters. The Morgan fingerprint density at radius 3 is 2.89 bits per heavy atom. The Morgan fingerprint density at radius 2 is 2.15 bits per heavy atom. The minimum Gasteiger partial charge on any atom is -0.361 e. The Morgan fingerprint density at radius 1 is 1.30 bits per heavy atom. The molecule has 0 radical (unpaired) electrons. The van der Waals surface area contributed by atoms with Gasteiger partial charge in [-0.05, 0) is 30.0 Å². The number of hydrogen-bond acceptors (Lipinski definition) is 3. The molecule has 0 spiro atoms. The summed E-state index contributed by atoms with van der Waals surface area (Å²) in [5.74, 6) is 0.0534. The van der Waals surface area contributed by atoms with E-state index in [1.165, 1.54) is 20.7 Å². The number of thiophene rings is 1. The van der Waals surface area contributed by atoms with Crippen LogP contribution >= 0.6 is 11.3 Å². The van der Waals surface area contributed by atoms with Crippen molar-refractivity contribution in [3.8, 4) is 0 Å². The molecule has 3 aromatic rings. The highest BCUT2D eigenvalue weighted by Gasteiger charge is 2.32. The maximum Gasteiger partial charge on any atom is 0.324 e. The highest BCUT2D eigenvalue weighted by atomic mass is 32.1. The molecule has 1 saturated heterocycles. The van der Waals surface area contributed by atoms with Gasteiger partial charge in [-0.1, -0.05) is 24.3 Å². The number of nitrogens with zero attached hydrogens (tertiary/aromatic N) is 1. The molecular formula is C20H23N4O2S+. The molecule has 0 unspecified atom stereocenters.